The number of ether oxygens (including phenoxy) is 1. The highest BCUT2D eigenvalue weighted by Gasteiger charge is 2.21. The van der Waals surface area contributed by atoms with Gasteiger partial charge in [-0.25, -0.2) is 0 Å². The van der Waals surface area contributed by atoms with Gasteiger partial charge in [0.15, 0.2) is 0 Å². The molecule has 0 aliphatic rings. The Balaban J connectivity index is 2.19. The van der Waals surface area contributed by atoms with Crippen LogP contribution < -0.4 is 11.3 Å². The third-order valence-electron chi connectivity index (χ3n) is 5.50. The number of hydrogen-bond acceptors (Lipinski definition) is 3. The van der Waals surface area contributed by atoms with Gasteiger partial charge < -0.3 is 19.9 Å². The molecule has 1 atom stereocenters. The predicted molar refractivity (Wildman–Crippen MR) is 119 cm³/mol. The normalized spacial score (nSPS) is 12.6. The standard InChI is InChI=1S/C24H31N3O3/c1-13(2)12-30-17(6)22-16(5)21(23(25)28)11-19-8-7-18(27(19)22)10-20-14(3)9-15(4)26-24(20)29/h7-9,11,13,17H,10,12H2,1-6H3,(H2,25,28)(H,26,29). The van der Waals surface area contributed by atoms with E-state index in [-0.39, 0.29) is 11.7 Å². The number of aryl methyl sites for hydroxylation is 2. The second kappa shape index (κ2) is 8.48. The number of carbonyl (C=O) groups is 1. The van der Waals surface area contributed by atoms with E-state index >= 15 is 0 Å². The molecule has 3 aromatic rings. The van der Waals surface area contributed by atoms with Crippen LogP contribution in [0, 0.1) is 26.7 Å². The molecule has 3 rings (SSSR count). The number of amides is 1. The molecule has 6 heteroatoms. The summed E-state index contributed by atoms with van der Waals surface area (Å²) in [7, 11) is 0. The van der Waals surface area contributed by atoms with Crippen LogP contribution in [0.4, 0.5) is 0 Å². The molecule has 0 aliphatic heterocycles. The van der Waals surface area contributed by atoms with E-state index in [1.165, 1.54) is 0 Å². The Hall–Kier alpha value is -2.86. The lowest BCUT2D eigenvalue weighted by Gasteiger charge is -2.22. The first kappa shape index (κ1) is 21.8. The maximum Gasteiger partial charge on any atom is 0.251 e. The topological polar surface area (TPSA) is 89.6 Å². The zero-order valence-corrected chi connectivity index (χ0v) is 18.6. The Morgan fingerprint density at radius 2 is 1.87 bits per heavy atom. The van der Waals surface area contributed by atoms with Crippen molar-refractivity contribution in [3.63, 3.8) is 0 Å². The van der Waals surface area contributed by atoms with Gasteiger partial charge in [0.2, 0.25) is 5.91 Å². The lowest BCUT2D eigenvalue weighted by molar-refractivity contribution is 0.0431. The van der Waals surface area contributed by atoms with Gasteiger partial charge in [-0.15, -0.1) is 0 Å². The first-order valence-electron chi connectivity index (χ1n) is 10.3. The van der Waals surface area contributed by atoms with Crippen molar-refractivity contribution in [2.24, 2.45) is 11.7 Å². The molecule has 1 amide bonds. The Morgan fingerprint density at radius 3 is 2.47 bits per heavy atom. The summed E-state index contributed by atoms with van der Waals surface area (Å²) in [6.45, 7) is 12.5. The Labute approximate surface area is 177 Å². The molecular weight excluding hydrogens is 378 g/mol. The maximum atomic E-state index is 12.6. The maximum absolute atomic E-state index is 12.6. The first-order chi connectivity index (χ1) is 14.1. The van der Waals surface area contributed by atoms with E-state index in [9.17, 15) is 9.59 Å². The van der Waals surface area contributed by atoms with Crippen LogP contribution in [0.5, 0.6) is 0 Å². The molecule has 6 nitrogen and oxygen atoms in total. The van der Waals surface area contributed by atoms with Gasteiger partial charge in [-0.05, 0) is 69.0 Å². The number of aromatic amines is 1. The van der Waals surface area contributed by atoms with Crippen LogP contribution in [0.2, 0.25) is 0 Å². The molecule has 0 radical (unpaired) electrons. The monoisotopic (exact) mass is 409 g/mol. The van der Waals surface area contributed by atoms with E-state index in [4.69, 9.17) is 10.5 Å². The van der Waals surface area contributed by atoms with Crippen molar-refractivity contribution < 1.29 is 9.53 Å². The smallest absolute Gasteiger partial charge is 0.251 e. The summed E-state index contributed by atoms with van der Waals surface area (Å²) in [6.07, 6.45) is 0.243. The molecule has 3 N–H and O–H groups in total. The second-order valence-corrected chi connectivity index (χ2v) is 8.51. The highest BCUT2D eigenvalue weighted by molar-refractivity contribution is 5.95. The molecule has 0 saturated carbocycles. The Kier molecular flexibility index (Phi) is 6.17. The zero-order chi connectivity index (χ0) is 22.2. The number of nitrogens with zero attached hydrogens (tertiary/aromatic N) is 1. The third kappa shape index (κ3) is 4.19. The van der Waals surface area contributed by atoms with Crippen molar-refractivity contribution in [3.05, 3.63) is 74.0 Å². The minimum atomic E-state index is -0.458. The van der Waals surface area contributed by atoms with Crippen molar-refractivity contribution in [3.8, 4) is 0 Å². The van der Waals surface area contributed by atoms with Crippen LogP contribution in [-0.2, 0) is 11.2 Å². The minimum Gasteiger partial charge on any atom is -0.372 e. The number of fused-ring (bicyclic) bond motifs is 1. The quantitative estimate of drug-likeness (QED) is 0.619. The third-order valence-corrected chi connectivity index (χ3v) is 5.50. The van der Waals surface area contributed by atoms with Gasteiger partial charge in [0.05, 0.1) is 11.8 Å². The number of aromatic nitrogens is 2. The number of primary amides is 1. The summed E-state index contributed by atoms with van der Waals surface area (Å²) in [5.41, 5.74) is 12.1. The van der Waals surface area contributed by atoms with Crippen molar-refractivity contribution in [1.29, 1.82) is 0 Å². The number of carbonyl (C=O) groups excluding carboxylic acids is 1. The summed E-state index contributed by atoms with van der Waals surface area (Å²) >= 11 is 0. The molecule has 0 fully saturated rings. The molecule has 0 aromatic carbocycles. The molecule has 0 bridgehead atoms. The highest BCUT2D eigenvalue weighted by atomic mass is 16.5. The van der Waals surface area contributed by atoms with Crippen LogP contribution in [0.15, 0.2) is 29.1 Å². The summed E-state index contributed by atoms with van der Waals surface area (Å²) in [6, 6.07) is 7.75. The van der Waals surface area contributed by atoms with Crippen molar-refractivity contribution in [1.82, 2.24) is 9.38 Å². The van der Waals surface area contributed by atoms with Crippen LogP contribution in [0.3, 0.4) is 0 Å². The van der Waals surface area contributed by atoms with Gasteiger partial charge in [0.25, 0.3) is 5.56 Å². The number of H-pyrrole nitrogens is 1. The van der Waals surface area contributed by atoms with Crippen molar-refractivity contribution in [2.75, 3.05) is 6.61 Å². The Morgan fingerprint density at radius 1 is 1.17 bits per heavy atom. The number of nitrogens with one attached hydrogen (secondary N) is 1. The van der Waals surface area contributed by atoms with E-state index < -0.39 is 5.91 Å². The minimum absolute atomic E-state index is 0.0708. The SMILES string of the molecule is Cc1cc(C)c(Cc2ccc3cc(C(N)=O)c(C)c(C(C)OCC(C)C)n23)c(=O)[nH]1. The van der Waals surface area contributed by atoms with Gasteiger partial charge in [-0.2, -0.15) is 0 Å². The van der Waals surface area contributed by atoms with Crippen molar-refractivity contribution >= 4 is 11.4 Å². The molecule has 0 spiro atoms. The molecule has 3 heterocycles. The molecule has 1 unspecified atom stereocenters. The zero-order valence-electron chi connectivity index (χ0n) is 18.6. The summed E-state index contributed by atoms with van der Waals surface area (Å²) in [4.78, 5) is 27.5. The molecule has 160 valence electrons. The van der Waals surface area contributed by atoms with Gasteiger partial charge >= 0.3 is 0 Å². The lowest BCUT2D eigenvalue weighted by Crippen LogP contribution is -2.20. The fourth-order valence-electron chi connectivity index (χ4n) is 4.04. The van der Waals surface area contributed by atoms with Crippen LogP contribution in [0.25, 0.3) is 5.52 Å². The van der Waals surface area contributed by atoms with Gasteiger partial charge in [0.1, 0.15) is 0 Å². The van der Waals surface area contributed by atoms with E-state index in [0.29, 0.717) is 24.5 Å². The van der Waals surface area contributed by atoms with Crippen LogP contribution in [-0.4, -0.2) is 21.9 Å². The Bertz CT molecular complexity index is 1150. The van der Waals surface area contributed by atoms with E-state index in [2.05, 4.69) is 23.2 Å². The van der Waals surface area contributed by atoms with Gasteiger partial charge in [-0.3, -0.25) is 9.59 Å². The summed E-state index contributed by atoms with van der Waals surface area (Å²) in [5.74, 6) is -0.0682. The molecule has 0 aliphatic carbocycles. The predicted octanol–water partition coefficient (Wildman–Crippen LogP) is 3.98. The average molecular weight is 410 g/mol. The number of hydrogen-bond donors (Lipinski definition) is 2. The highest BCUT2D eigenvalue weighted by Crippen LogP contribution is 2.29. The van der Waals surface area contributed by atoms with Crippen LogP contribution in [0.1, 0.15) is 71.0 Å². The molecule has 3 aromatic heterocycles. The van der Waals surface area contributed by atoms with Crippen LogP contribution >= 0.6 is 0 Å². The molecular formula is C24H31N3O3. The average Bonchev–Trinajstić information content (AvgIpc) is 3.04. The molecule has 0 saturated heterocycles. The molecule has 30 heavy (non-hydrogen) atoms. The lowest BCUT2D eigenvalue weighted by atomic mass is 10.0. The van der Waals surface area contributed by atoms with E-state index in [0.717, 1.165) is 39.3 Å². The fourth-order valence-corrected chi connectivity index (χ4v) is 4.04. The fraction of sp³-hybridized carbons (Fsp3) is 0.417. The summed E-state index contributed by atoms with van der Waals surface area (Å²) in [5, 5.41) is 0. The largest absolute Gasteiger partial charge is 0.372 e. The first-order valence-corrected chi connectivity index (χ1v) is 10.3. The van der Waals surface area contributed by atoms with E-state index in [1.807, 2.05) is 52.0 Å². The van der Waals surface area contributed by atoms with Gasteiger partial charge in [-0.1, -0.05) is 13.8 Å². The number of nitrogens with two attached hydrogens (primary N) is 1. The number of pyridine rings is 2. The van der Waals surface area contributed by atoms with Gasteiger partial charge in [0, 0.05) is 41.1 Å². The summed E-state index contributed by atoms with van der Waals surface area (Å²) < 4.78 is 8.21. The van der Waals surface area contributed by atoms with E-state index in [1.54, 1.807) is 0 Å². The van der Waals surface area contributed by atoms with Crippen molar-refractivity contribution in [2.45, 2.75) is 54.1 Å². The number of rotatable bonds is 7. The second-order valence-electron chi connectivity index (χ2n) is 8.51.